The Labute approximate surface area is 99.2 Å². The molecule has 2 rings (SSSR count). The largest absolute Gasteiger partial charge is 0.384 e. The van der Waals surface area contributed by atoms with Crippen molar-refractivity contribution in [2.45, 2.75) is 39.0 Å². The van der Waals surface area contributed by atoms with Crippen molar-refractivity contribution in [2.75, 3.05) is 18.4 Å². The van der Waals surface area contributed by atoms with Crippen molar-refractivity contribution < 1.29 is 0 Å². The van der Waals surface area contributed by atoms with Crippen molar-refractivity contribution in [3.63, 3.8) is 0 Å². The van der Waals surface area contributed by atoms with Gasteiger partial charge in [-0.05, 0) is 31.0 Å². The van der Waals surface area contributed by atoms with E-state index >= 15 is 0 Å². The molecule has 0 aromatic heterocycles. The van der Waals surface area contributed by atoms with Crippen LogP contribution in [-0.2, 0) is 5.41 Å². The zero-order valence-corrected chi connectivity index (χ0v) is 10.7. The van der Waals surface area contributed by atoms with Gasteiger partial charge in [-0.25, -0.2) is 0 Å². The summed E-state index contributed by atoms with van der Waals surface area (Å²) in [6, 6.07) is 8.59. The highest BCUT2D eigenvalue weighted by molar-refractivity contribution is 5.60. The first-order valence-electron chi connectivity index (χ1n) is 6.36. The lowest BCUT2D eigenvalue weighted by Gasteiger charge is -2.27. The van der Waals surface area contributed by atoms with Crippen LogP contribution in [0, 0.1) is 0 Å². The number of fused-ring (bicyclic) bond motifs is 1. The summed E-state index contributed by atoms with van der Waals surface area (Å²) >= 11 is 0. The normalized spacial score (nSPS) is 21.8. The van der Waals surface area contributed by atoms with E-state index in [1.807, 2.05) is 13.8 Å². The first-order valence-corrected chi connectivity index (χ1v) is 6.36. The molecule has 3 N–H and O–H groups in total. The summed E-state index contributed by atoms with van der Waals surface area (Å²) in [5.74, 6) is 0. The highest BCUT2D eigenvalue weighted by Gasteiger charge is 2.35. The van der Waals surface area contributed by atoms with Gasteiger partial charge in [-0.1, -0.05) is 39.0 Å². The summed E-state index contributed by atoms with van der Waals surface area (Å²) in [6.45, 7) is 8.06. The minimum Gasteiger partial charge on any atom is -0.384 e. The molecule has 2 nitrogen and oxygen atoms in total. The molecule has 0 bridgehead atoms. The van der Waals surface area contributed by atoms with E-state index in [2.05, 4.69) is 36.5 Å². The lowest BCUT2D eigenvalue weighted by molar-refractivity contribution is 0.424. The van der Waals surface area contributed by atoms with Crippen LogP contribution in [0.1, 0.15) is 39.2 Å². The van der Waals surface area contributed by atoms with Gasteiger partial charge in [0.15, 0.2) is 0 Å². The van der Waals surface area contributed by atoms with Crippen LogP contribution >= 0.6 is 0 Å². The quantitative estimate of drug-likeness (QED) is 0.821. The Balaban J connectivity index is 0.000000606. The van der Waals surface area contributed by atoms with E-state index in [-0.39, 0.29) is 5.41 Å². The third-order valence-electron chi connectivity index (χ3n) is 3.42. The topological polar surface area (TPSA) is 38.0 Å². The van der Waals surface area contributed by atoms with E-state index < -0.39 is 0 Å². The Morgan fingerprint density at radius 2 is 2.00 bits per heavy atom. The van der Waals surface area contributed by atoms with E-state index in [1.165, 1.54) is 11.3 Å². The molecule has 1 unspecified atom stereocenters. The summed E-state index contributed by atoms with van der Waals surface area (Å²) in [5, 5.41) is 3.47. The molecule has 0 fully saturated rings. The Morgan fingerprint density at radius 1 is 1.31 bits per heavy atom. The summed E-state index contributed by atoms with van der Waals surface area (Å²) in [5.41, 5.74) is 8.73. The summed E-state index contributed by atoms with van der Waals surface area (Å²) < 4.78 is 0. The van der Waals surface area contributed by atoms with Gasteiger partial charge >= 0.3 is 0 Å². The van der Waals surface area contributed by atoms with Crippen LogP contribution in [-0.4, -0.2) is 13.1 Å². The van der Waals surface area contributed by atoms with Crippen molar-refractivity contribution in [1.82, 2.24) is 0 Å². The molecular weight excluding hydrogens is 196 g/mol. The molecule has 0 radical (unpaired) electrons. The van der Waals surface area contributed by atoms with E-state index in [4.69, 9.17) is 5.73 Å². The molecule has 1 aliphatic heterocycles. The van der Waals surface area contributed by atoms with E-state index in [1.54, 1.807) is 0 Å². The van der Waals surface area contributed by atoms with Gasteiger partial charge in [-0.15, -0.1) is 0 Å². The maximum Gasteiger partial charge on any atom is 0.0379 e. The van der Waals surface area contributed by atoms with Gasteiger partial charge in [0.05, 0.1) is 0 Å². The molecule has 1 aliphatic rings. The molecule has 0 spiro atoms. The van der Waals surface area contributed by atoms with Crippen LogP contribution in [0.5, 0.6) is 0 Å². The van der Waals surface area contributed by atoms with Gasteiger partial charge in [0, 0.05) is 17.6 Å². The van der Waals surface area contributed by atoms with Crippen molar-refractivity contribution in [3.05, 3.63) is 29.8 Å². The fourth-order valence-electron chi connectivity index (χ4n) is 2.45. The van der Waals surface area contributed by atoms with Gasteiger partial charge < -0.3 is 11.1 Å². The second-order valence-electron chi connectivity index (χ2n) is 4.07. The minimum atomic E-state index is 0.283. The maximum absolute atomic E-state index is 5.70. The van der Waals surface area contributed by atoms with Crippen molar-refractivity contribution in [2.24, 2.45) is 5.73 Å². The highest BCUT2D eigenvalue weighted by atomic mass is 14.9. The number of rotatable bonds is 3. The average Bonchev–Trinajstić information content (AvgIpc) is 2.73. The molecule has 1 heterocycles. The smallest absolute Gasteiger partial charge is 0.0379 e. The molecule has 90 valence electrons. The minimum absolute atomic E-state index is 0.283. The Kier molecular flexibility index (Phi) is 4.81. The number of hydrogen-bond donors (Lipinski definition) is 2. The molecule has 0 saturated heterocycles. The average molecular weight is 220 g/mol. The molecule has 2 heteroatoms. The van der Waals surface area contributed by atoms with Crippen molar-refractivity contribution in [1.29, 1.82) is 0 Å². The molecule has 0 saturated carbocycles. The van der Waals surface area contributed by atoms with Crippen LogP contribution < -0.4 is 11.1 Å². The summed E-state index contributed by atoms with van der Waals surface area (Å²) in [4.78, 5) is 0. The lowest BCUT2D eigenvalue weighted by atomic mass is 9.77. The first kappa shape index (κ1) is 13.0. The van der Waals surface area contributed by atoms with Gasteiger partial charge in [0.2, 0.25) is 0 Å². The van der Waals surface area contributed by atoms with Crippen LogP contribution in [0.15, 0.2) is 24.3 Å². The first-order chi connectivity index (χ1) is 7.82. The molecule has 1 atom stereocenters. The SMILES string of the molecule is CC.CCC1(CCN)CNc2ccccc21. The lowest BCUT2D eigenvalue weighted by Crippen LogP contribution is -2.30. The summed E-state index contributed by atoms with van der Waals surface area (Å²) in [6.07, 6.45) is 2.24. The zero-order valence-electron chi connectivity index (χ0n) is 10.7. The molecule has 1 aromatic rings. The standard InChI is InChI=1S/C12H18N2.C2H6/c1-2-12(7-8-13)9-14-11-6-4-3-5-10(11)12;1-2/h3-6,14H,2,7-9,13H2,1H3;1-2H3. The van der Waals surface area contributed by atoms with Crippen LogP contribution in [0.4, 0.5) is 5.69 Å². The van der Waals surface area contributed by atoms with Gasteiger partial charge in [-0.2, -0.15) is 0 Å². The van der Waals surface area contributed by atoms with Crippen LogP contribution in [0.25, 0.3) is 0 Å². The van der Waals surface area contributed by atoms with Gasteiger partial charge in [0.1, 0.15) is 0 Å². The second-order valence-corrected chi connectivity index (χ2v) is 4.07. The number of nitrogens with two attached hydrogens (primary N) is 1. The Hall–Kier alpha value is -1.02. The number of nitrogens with one attached hydrogen (secondary N) is 1. The second kappa shape index (κ2) is 5.90. The maximum atomic E-state index is 5.70. The number of benzene rings is 1. The number of hydrogen-bond acceptors (Lipinski definition) is 2. The molecule has 1 aromatic carbocycles. The predicted molar refractivity (Wildman–Crippen MR) is 71.9 cm³/mol. The zero-order chi connectivity index (χ0) is 12.0. The van der Waals surface area contributed by atoms with Gasteiger partial charge in [-0.3, -0.25) is 0 Å². The third kappa shape index (κ3) is 2.22. The molecular formula is C14H24N2. The molecule has 0 amide bonds. The van der Waals surface area contributed by atoms with Crippen LogP contribution in [0.3, 0.4) is 0 Å². The molecule has 16 heavy (non-hydrogen) atoms. The van der Waals surface area contributed by atoms with Crippen LogP contribution in [0.2, 0.25) is 0 Å². The van der Waals surface area contributed by atoms with E-state index in [0.29, 0.717) is 0 Å². The molecule has 0 aliphatic carbocycles. The van der Waals surface area contributed by atoms with Gasteiger partial charge in [0.25, 0.3) is 0 Å². The van der Waals surface area contributed by atoms with Crippen molar-refractivity contribution >= 4 is 5.69 Å². The fraction of sp³-hybridized carbons (Fsp3) is 0.571. The fourth-order valence-corrected chi connectivity index (χ4v) is 2.45. The van der Waals surface area contributed by atoms with Crippen molar-refractivity contribution in [3.8, 4) is 0 Å². The third-order valence-corrected chi connectivity index (χ3v) is 3.42. The monoisotopic (exact) mass is 220 g/mol. The Morgan fingerprint density at radius 3 is 2.62 bits per heavy atom. The summed E-state index contributed by atoms with van der Waals surface area (Å²) in [7, 11) is 0. The Bertz CT molecular complexity index is 318. The van der Waals surface area contributed by atoms with E-state index in [9.17, 15) is 0 Å². The van der Waals surface area contributed by atoms with E-state index in [0.717, 1.165) is 25.9 Å². The number of para-hydroxylation sites is 1. The highest BCUT2D eigenvalue weighted by Crippen LogP contribution is 2.41. The number of anilines is 1. The predicted octanol–water partition coefficient (Wildman–Crippen LogP) is 3.13.